The molecule has 0 bridgehead atoms. The van der Waals surface area contributed by atoms with Crippen molar-refractivity contribution in [2.24, 2.45) is 0 Å². The van der Waals surface area contributed by atoms with Gasteiger partial charge in [0.05, 0.1) is 0 Å². The molecule has 2 aliphatic heterocycles. The van der Waals surface area contributed by atoms with Crippen LogP contribution in [0.4, 0.5) is 4.79 Å². The fourth-order valence-corrected chi connectivity index (χ4v) is 3.78. The van der Waals surface area contributed by atoms with E-state index in [0.717, 1.165) is 39.0 Å². The Morgan fingerprint density at radius 2 is 1.86 bits per heavy atom. The quantitative estimate of drug-likeness (QED) is 0.731. The van der Waals surface area contributed by atoms with Crippen molar-refractivity contribution < 1.29 is 4.79 Å². The van der Waals surface area contributed by atoms with Gasteiger partial charge < -0.3 is 14.7 Å². The smallest absolute Gasteiger partial charge is 0.319 e. The number of carbonyl (C=O) groups excluding carboxylic acids is 1. The first-order valence-electron chi connectivity index (χ1n) is 7.75. The highest BCUT2D eigenvalue weighted by molar-refractivity contribution is 5.74. The lowest BCUT2D eigenvalue weighted by Gasteiger charge is -2.48. The molecule has 2 aliphatic rings. The van der Waals surface area contributed by atoms with E-state index in [4.69, 9.17) is 0 Å². The lowest BCUT2D eigenvalue weighted by molar-refractivity contribution is 0.108. The number of piperidine rings is 1. The van der Waals surface area contributed by atoms with Crippen LogP contribution in [0.5, 0.6) is 0 Å². The minimum atomic E-state index is 0.128. The molecule has 0 aliphatic carbocycles. The normalized spacial score (nSPS) is 21.2. The maximum atomic E-state index is 12.4. The van der Waals surface area contributed by atoms with Gasteiger partial charge in [-0.2, -0.15) is 0 Å². The van der Waals surface area contributed by atoms with Crippen molar-refractivity contribution in [3.8, 4) is 0 Å². The zero-order valence-corrected chi connectivity index (χ0v) is 13.3. The van der Waals surface area contributed by atoms with Crippen molar-refractivity contribution in [3.05, 3.63) is 35.4 Å². The molecule has 1 saturated heterocycles. The minimum Gasteiger partial charge on any atom is -0.331 e. The second kappa shape index (κ2) is 5.34. The summed E-state index contributed by atoms with van der Waals surface area (Å²) in [7, 11) is 5.86. The molecule has 114 valence electrons. The largest absolute Gasteiger partial charge is 0.331 e. The van der Waals surface area contributed by atoms with E-state index in [9.17, 15) is 4.79 Å². The highest BCUT2D eigenvalue weighted by Crippen LogP contribution is 2.41. The van der Waals surface area contributed by atoms with Gasteiger partial charge in [-0.05, 0) is 44.1 Å². The van der Waals surface area contributed by atoms with Crippen molar-refractivity contribution in [3.63, 3.8) is 0 Å². The van der Waals surface area contributed by atoms with Crippen LogP contribution >= 0.6 is 0 Å². The van der Waals surface area contributed by atoms with E-state index in [0.29, 0.717) is 0 Å². The number of rotatable bonds is 0. The molecule has 3 rings (SSSR count). The van der Waals surface area contributed by atoms with Crippen molar-refractivity contribution in [1.82, 2.24) is 14.7 Å². The first kappa shape index (κ1) is 14.4. The van der Waals surface area contributed by atoms with Gasteiger partial charge in [0.2, 0.25) is 0 Å². The molecule has 2 amide bonds. The molecule has 0 saturated carbocycles. The van der Waals surface area contributed by atoms with Crippen molar-refractivity contribution in [1.29, 1.82) is 0 Å². The van der Waals surface area contributed by atoms with E-state index in [1.54, 1.807) is 4.90 Å². The maximum absolute atomic E-state index is 12.4. The Hall–Kier alpha value is -1.55. The third kappa shape index (κ3) is 2.53. The molecule has 0 aromatic heterocycles. The predicted octanol–water partition coefficient (Wildman–Crippen LogP) is 2.15. The second-order valence-electron chi connectivity index (χ2n) is 6.77. The van der Waals surface area contributed by atoms with Gasteiger partial charge in [-0.15, -0.1) is 0 Å². The van der Waals surface area contributed by atoms with Crippen LogP contribution in [0.25, 0.3) is 0 Å². The van der Waals surface area contributed by atoms with Crippen molar-refractivity contribution >= 4 is 6.03 Å². The predicted molar refractivity (Wildman–Crippen MR) is 84.3 cm³/mol. The third-order valence-electron chi connectivity index (χ3n) is 5.04. The number of urea groups is 1. The van der Waals surface area contributed by atoms with E-state index in [1.807, 2.05) is 19.0 Å². The summed E-state index contributed by atoms with van der Waals surface area (Å²) in [6.45, 7) is 3.82. The Morgan fingerprint density at radius 1 is 1.19 bits per heavy atom. The zero-order chi connectivity index (χ0) is 15.0. The van der Waals surface area contributed by atoms with Crippen LogP contribution in [0.3, 0.4) is 0 Å². The number of benzene rings is 1. The molecule has 21 heavy (non-hydrogen) atoms. The Kier molecular flexibility index (Phi) is 3.66. The number of carbonyl (C=O) groups is 1. The third-order valence-corrected chi connectivity index (χ3v) is 5.04. The molecule has 0 atom stereocenters. The molecule has 1 spiro atoms. The van der Waals surface area contributed by atoms with E-state index in [-0.39, 0.29) is 11.4 Å². The molecule has 0 N–H and O–H groups in total. The fraction of sp³-hybridized carbons (Fsp3) is 0.588. The second-order valence-corrected chi connectivity index (χ2v) is 6.77. The maximum Gasteiger partial charge on any atom is 0.319 e. The van der Waals surface area contributed by atoms with Gasteiger partial charge in [0.15, 0.2) is 0 Å². The molecule has 4 heteroatoms. The minimum absolute atomic E-state index is 0.128. The average molecular weight is 287 g/mol. The summed E-state index contributed by atoms with van der Waals surface area (Å²) in [6, 6.07) is 8.82. The molecule has 0 radical (unpaired) electrons. The summed E-state index contributed by atoms with van der Waals surface area (Å²) < 4.78 is 0. The van der Waals surface area contributed by atoms with Gasteiger partial charge in [0.25, 0.3) is 0 Å². The molecular formula is C17H25N3O. The molecule has 4 nitrogen and oxygen atoms in total. The fourth-order valence-electron chi connectivity index (χ4n) is 3.78. The Morgan fingerprint density at radius 3 is 2.52 bits per heavy atom. The lowest BCUT2D eigenvalue weighted by atomic mass is 9.69. The van der Waals surface area contributed by atoms with Crippen LogP contribution in [0.2, 0.25) is 0 Å². The van der Waals surface area contributed by atoms with Crippen molar-refractivity contribution in [2.45, 2.75) is 24.8 Å². The first-order valence-corrected chi connectivity index (χ1v) is 7.75. The lowest BCUT2D eigenvalue weighted by Crippen LogP contribution is -2.54. The molecule has 0 unspecified atom stereocenters. The number of amides is 2. The number of likely N-dealkylation sites (tertiary alicyclic amines) is 1. The van der Waals surface area contributed by atoms with Crippen LogP contribution in [0.15, 0.2) is 24.3 Å². The van der Waals surface area contributed by atoms with E-state index >= 15 is 0 Å². The molecular weight excluding hydrogens is 262 g/mol. The van der Waals surface area contributed by atoms with Crippen LogP contribution in [-0.4, -0.2) is 61.5 Å². The van der Waals surface area contributed by atoms with E-state index in [1.165, 1.54) is 11.1 Å². The topological polar surface area (TPSA) is 26.8 Å². The van der Waals surface area contributed by atoms with Gasteiger partial charge in [-0.3, -0.25) is 0 Å². The zero-order valence-electron chi connectivity index (χ0n) is 13.3. The van der Waals surface area contributed by atoms with Gasteiger partial charge in [-0.25, -0.2) is 4.79 Å². The van der Waals surface area contributed by atoms with Gasteiger partial charge in [0, 0.05) is 32.6 Å². The van der Waals surface area contributed by atoms with Gasteiger partial charge in [0.1, 0.15) is 0 Å². The summed E-state index contributed by atoms with van der Waals surface area (Å²) >= 11 is 0. The number of fused-ring (bicyclic) bond motifs is 2. The summed E-state index contributed by atoms with van der Waals surface area (Å²) in [5, 5.41) is 0. The van der Waals surface area contributed by atoms with Crippen LogP contribution in [0, 0.1) is 0 Å². The van der Waals surface area contributed by atoms with Crippen LogP contribution < -0.4 is 0 Å². The first-order chi connectivity index (χ1) is 10.0. The molecule has 2 heterocycles. The highest BCUT2D eigenvalue weighted by atomic mass is 16.2. The summed E-state index contributed by atoms with van der Waals surface area (Å²) in [6.07, 6.45) is 2.27. The SMILES string of the molecule is CN1CCC2(CC1)CN(C(=O)N(C)C)Cc1ccccc12. The number of hydrogen-bond acceptors (Lipinski definition) is 2. The summed E-state index contributed by atoms with van der Waals surface area (Å²) in [4.78, 5) is 18.5. The van der Waals surface area contributed by atoms with Gasteiger partial charge >= 0.3 is 6.03 Å². The molecule has 1 aromatic rings. The highest BCUT2D eigenvalue weighted by Gasteiger charge is 2.42. The van der Waals surface area contributed by atoms with Crippen LogP contribution in [-0.2, 0) is 12.0 Å². The molecule has 1 fully saturated rings. The van der Waals surface area contributed by atoms with E-state index < -0.39 is 0 Å². The Balaban J connectivity index is 1.96. The van der Waals surface area contributed by atoms with Crippen LogP contribution in [0.1, 0.15) is 24.0 Å². The standard InChI is InChI=1S/C17H25N3O/c1-18(2)16(21)20-12-14-6-4-5-7-15(14)17(13-20)8-10-19(3)11-9-17/h4-7H,8-13H2,1-3H3. The summed E-state index contributed by atoms with van der Waals surface area (Å²) in [5.41, 5.74) is 2.94. The number of hydrogen-bond donors (Lipinski definition) is 0. The monoisotopic (exact) mass is 287 g/mol. The summed E-state index contributed by atoms with van der Waals surface area (Å²) in [5.74, 6) is 0. The average Bonchev–Trinajstić information content (AvgIpc) is 2.49. The number of nitrogens with zero attached hydrogens (tertiary/aromatic N) is 3. The Bertz CT molecular complexity index is 533. The molecule has 1 aromatic carbocycles. The van der Waals surface area contributed by atoms with Gasteiger partial charge in [-0.1, -0.05) is 24.3 Å². The Labute approximate surface area is 127 Å². The van der Waals surface area contributed by atoms with E-state index in [2.05, 4.69) is 36.2 Å². The van der Waals surface area contributed by atoms with Crippen molar-refractivity contribution in [2.75, 3.05) is 40.8 Å².